The zero-order valence-electron chi connectivity index (χ0n) is 30.9. The number of halogens is 4. The van der Waals surface area contributed by atoms with E-state index in [2.05, 4.69) is 33.0 Å². The number of thioether (sulfide) groups is 2. The zero-order valence-corrected chi connectivity index (χ0v) is 34.1. The summed E-state index contributed by atoms with van der Waals surface area (Å²) in [5, 5.41) is 23.7. The molecule has 6 aliphatic rings. The number of amides is 2. The van der Waals surface area contributed by atoms with E-state index in [4.69, 9.17) is 0 Å². The van der Waals surface area contributed by atoms with Crippen molar-refractivity contribution >= 4 is 68.1 Å². The Morgan fingerprint density at radius 1 is 0.684 bits per heavy atom. The van der Waals surface area contributed by atoms with Gasteiger partial charge in [-0.25, -0.2) is 27.6 Å². The van der Waals surface area contributed by atoms with Crippen LogP contribution in [0.4, 0.5) is 17.6 Å². The summed E-state index contributed by atoms with van der Waals surface area (Å²) < 4.78 is 56.7. The first-order chi connectivity index (χ1) is 27.7. The van der Waals surface area contributed by atoms with Crippen LogP contribution < -0.4 is 10.6 Å². The highest BCUT2D eigenvalue weighted by atomic mass is 32.2. The largest absolute Gasteiger partial charge is 0.316 e. The number of piperidine rings is 1. The number of thiophene rings is 2. The van der Waals surface area contributed by atoms with E-state index in [-0.39, 0.29) is 34.9 Å². The number of carbonyl (C=O) groups excluding carboxylic acids is 2. The molecule has 4 atom stereocenters. The van der Waals surface area contributed by atoms with E-state index >= 15 is 0 Å². The summed E-state index contributed by atoms with van der Waals surface area (Å²) in [6.45, 7) is 2.36. The SMILES string of the molecule is O=C(C1CCCNC1)N1N=C(c2cc(F)ccc2F)SC12CCCc1ccsc12.O=C([C@@H]1CCCN1)N1N=C(c2cc(F)ccc2F)SC12CCCc1ccsc12. The van der Waals surface area contributed by atoms with E-state index < -0.39 is 33.0 Å². The molecule has 2 N–H and O–H groups in total. The molecule has 2 spiro atoms. The molecule has 16 heteroatoms. The highest BCUT2D eigenvalue weighted by molar-refractivity contribution is 8.15. The summed E-state index contributed by atoms with van der Waals surface area (Å²) in [4.78, 5) is 27.8. The smallest absolute Gasteiger partial charge is 0.261 e. The fourth-order valence-corrected chi connectivity index (χ4v) is 14.1. The Kier molecular flexibility index (Phi) is 10.9. The number of rotatable bonds is 4. The van der Waals surface area contributed by atoms with E-state index in [0.29, 0.717) is 16.6 Å². The summed E-state index contributed by atoms with van der Waals surface area (Å²) in [5.41, 5.74) is 2.68. The van der Waals surface area contributed by atoms with Gasteiger partial charge < -0.3 is 10.6 Å². The lowest BCUT2D eigenvalue weighted by Crippen LogP contribution is -2.49. The van der Waals surface area contributed by atoms with Crippen molar-refractivity contribution in [1.29, 1.82) is 0 Å². The number of nitrogens with one attached hydrogen (secondary N) is 2. The highest BCUT2D eigenvalue weighted by Crippen LogP contribution is 2.57. The number of hydrogen-bond donors (Lipinski definition) is 2. The van der Waals surface area contributed by atoms with Crippen LogP contribution in [0.2, 0.25) is 0 Å². The van der Waals surface area contributed by atoms with Crippen molar-refractivity contribution in [2.24, 2.45) is 16.1 Å². The van der Waals surface area contributed by atoms with Crippen LogP contribution in [0.1, 0.15) is 83.4 Å². The second-order valence-corrected chi connectivity index (χ2v) is 19.4. The molecule has 2 amide bonds. The summed E-state index contributed by atoms with van der Waals surface area (Å²) in [5.74, 6) is -2.35. The Hall–Kier alpha value is -3.54. The number of nitrogens with zero attached hydrogens (tertiary/aromatic N) is 4. The van der Waals surface area contributed by atoms with Gasteiger partial charge in [-0.05, 0) is 148 Å². The van der Waals surface area contributed by atoms with Gasteiger partial charge in [0.05, 0.1) is 12.0 Å². The van der Waals surface area contributed by atoms with Crippen LogP contribution in [-0.4, -0.2) is 57.6 Å². The van der Waals surface area contributed by atoms with Gasteiger partial charge in [-0.3, -0.25) is 9.59 Å². The molecular formula is C41H40F4N6O2S4. The van der Waals surface area contributed by atoms with Gasteiger partial charge in [-0.15, -0.1) is 22.7 Å². The molecule has 2 aliphatic carbocycles. The third kappa shape index (κ3) is 7.07. The molecule has 0 saturated carbocycles. The monoisotopic (exact) mass is 852 g/mol. The first kappa shape index (κ1) is 38.9. The van der Waals surface area contributed by atoms with Crippen molar-refractivity contribution in [1.82, 2.24) is 20.7 Å². The Morgan fingerprint density at radius 2 is 1.23 bits per heavy atom. The number of fused-ring (bicyclic) bond motifs is 4. The van der Waals surface area contributed by atoms with Gasteiger partial charge in [0.1, 0.15) is 33.4 Å². The Balaban J connectivity index is 0.000000148. The van der Waals surface area contributed by atoms with Crippen LogP contribution in [0.15, 0.2) is 69.5 Å². The molecule has 4 aliphatic heterocycles. The average Bonchev–Trinajstić information content (AvgIpc) is 4.08. The minimum Gasteiger partial charge on any atom is -0.316 e. The predicted octanol–water partition coefficient (Wildman–Crippen LogP) is 8.66. The van der Waals surface area contributed by atoms with E-state index in [9.17, 15) is 27.2 Å². The summed E-state index contributed by atoms with van der Waals surface area (Å²) in [6, 6.07) is 10.7. The van der Waals surface area contributed by atoms with Gasteiger partial charge in [0, 0.05) is 27.4 Å². The van der Waals surface area contributed by atoms with Crippen molar-refractivity contribution in [3.05, 3.63) is 115 Å². The van der Waals surface area contributed by atoms with Gasteiger partial charge >= 0.3 is 0 Å². The van der Waals surface area contributed by atoms with Crippen LogP contribution in [0.5, 0.6) is 0 Å². The lowest BCUT2D eigenvalue weighted by Gasteiger charge is -2.40. The Labute approximate surface area is 344 Å². The second-order valence-electron chi connectivity index (χ2n) is 15.1. The fraction of sp³-hybridized carbons (Fsp3) is 0.415. The maximum absolute atomic E-state index is 14.5. The maximum Gasteiger partial charge on any atom is 0.261 e. The third-order valence-corrected chi connectivity index (χ3v) is 16.8. The normalized spacial score (nSPS) is 26.5. The van der Waals surface area contributed by atoms with Crippen molar-refractivity contribution in [3.63, 3.8) is 0 Å². The van der Waals surface area contributed by atoms with Crippen LogP contribution in [0.25, 0.3) is 0 Å². The standard InChI is InChI=1S/C21H21F2N3OS2.C20H19F2N3OS2/c22-15-5-6-17(23)16(11-15)19-25-26(20(27)14-4-2-9-24-12-14)21(29-19)8-1-3-13-7-10-28-18(13)21;21-13-5-6-15(22)14(11-13)18-24-25(19(26)16-4-2-9-23-16)20(28-18)8-1-3-12-7-10-27-17(12)20/h5-7,10-11,14,24H,1-4,8-9,12H2;5-7,10-11,16,23H,1-4,8-9H2/t;16-,20?/m.0/s1. The second kappa shape index (κ2) is 15.9. The molecular weight excluding hydrogens is 813 g/mol. The molecule has 8 nitrogen and oxygen atoms in total. The van der Waals surface area contributed by atoms with Crippen molar-refractivity contribution in [2.45, 2.75) is 80.0 Å². The van der Waals surface area contributed by atoms with E-state index in [1.807, 2.05) is 10.8 Å². The molecule has 2 aromatic carbocycles. The number of aryl methyl sites for hydroxylation is 2. The van der Waals surface area contributed by atoms with Gasteiger partial charge in [0.15, 0.2) is 9.74 Å². The molecule has 0 radical (unpaired) electrons. The molecule has 2 fully saturated rings. The van der Waals surface area contributed by atoms with Gasteiger partial charge in [-0.2, -0.15) is 10.2 Å². The van der Waals surface area contributed by atoms with Gasteiger partial charge in [0.25, 0.3) is 5.91 Å². The predicted molar refractivity (Wildman–Crippen MR) is 219 cm³/mol. The molecule has 0 bridgehead atoms. The average molecular weight is 853 g/mol. The number of hydrogen-bond acceptors (Lipinski definition) is 10. The molecule has 4 aromatic rings. The van der Waals surface area contributed by atoms with E-state index in [0.717, 1.165) is 117 Å². The first-order valence-electron chi connectivity index (χ1n) is 19.4. The third-order valence-electron chi connectivity index (χ3n) is 11.5. The minimum atomic E-state index is -0.669. The molecule has 6 heterocycles. The minimum absolute atomic E-state index is 0.0299. The van der Waals surface area contributed by atoms with Crippen molar-refractivity contribution in [3.8, 4) is 0 Å². The zero-order chi connectivity index (χ0) is 39.3. The lowest BCUT2D eigenvalue weighted by molar-refractivity contribution is -0.140. The van der Waals surface area contributed by atoms with Crippen LogP contribution in [0, 0.1) is 29.2 Å². The van der Waals surface area contributed by atoms with E-state index in [1.165, 1.54) is 40.7 Å². The Morgan fingerprint density at radius 3 is 1.74 bits per heavy atom. The van der Waals surface area contributed by atoms with Gasteiger partial charge in [-0.1, -0.05) is 23.5 Å². The van der Waals surface area contributed by atoms with Crippen molar-refractivity contribution in [2.75, 3.05) is 19.6 Å². The van der Waals surface area contributed by atoms with Crippen LogP contribution in [-0.2, 0) is 32.2 Å². The number of carbonyl (C=O) groups is 2. The molecule has 57 heavy (non-hydrogen) atoms. The quantitative estimate of drug-likeness (QED) is 0.200. The maximum atomic E-state index is 14.5. The Bertz CT molecular complexity index is 2270. The fourth-order valence-electron chi connectivity index (χ4n) is 8.68. The summed E-state index contributed by atoms with van der Waals surface area (Å²) in [6.07, 6.45) is 8.77. The summed E-state index contributed by atoms with van der Waals surface area (Å²) >= 11 is 6.02. The first-order valence-corrected chi connectivity index (χ1v) is 22.8. The topological polar surface area (TPSA) is 89.4 Å². The number of benzene rings is 2. The van der Waals surface area contributed by atoms with Crippen LogP contribution in [0.3, 0.4) is 0 Å². The molecule has 10 rings (SSSR count). The molecule has 2 saturated heterocycles. The number of hydrazone groups is 2. The molecule has 2 aromatic heterocycles. The highest BCUT2D eigenvalue weighted by Gasteiger charge is 2.54. The molecule has 298 valence electrons. The van der Waals surface area contributed by atoms with E-state index in [1.54, 1.807) is 32.7 Å². The van der Waals surface area contributed by atoms with Crippen LogP contribution >= 0.6 is 46.2 Å². The lowest BCUT2D eigenvalue weighted by atomic mass is 9.92. The van der Waals surface area contributed by atoms with Gasteiger partial charge in [0.2, 0.25) is 5.91 Å². The van der Waals surface area contributed by atoms with Crippen molar-refractivity contribution < 1.29 is 27.2 Å². The summed E-state index contributed by atoms with van der Waals surface area (Å²) in [7, 11) is 0. The molecule has 3 unspecified atom stereocenters.